The molecule has 0 aliphatic carbocycles. The maximum absolute atomic E-state index is 12.0. The first-order chi connectivity index (χ1) is 16.5. The number of amides is 1. The highest BCUT2D eigenvalue weighted by Gasteiger charge is 2.48. The SMILES string of the molecule is CC(=O)N[C@H]1[C@H](OCCCCCCCC(=O)O)OC[C@H](COC(C)=O)[C@@H](OC(C)=O)[C@@H]1OC(C)=O. The number of carboxylic acids is 1. The van der Waals surface area contributed by atoms with Crippen LogP contribution in [-0.2, 0) is 47.7 Å². The molecule has 1 aliphatic heterocycles. The van der Waals surface area contributed by atoms with Gasteiger partial charge in [-0.2, -0.15) is 0 Å². The van der Waals surface area contributed by atoms with Crippen molar-refractivity contribution in [3.05, 3.63) is 0 Å². The van der Waals surface area contributed by atoms with Crippen molar-refractivity contribution in [1.29, 1.82) is 0 Å². The van der Waals surface area contributed by atoms with Crippen LogP contribution in [0.3, 0.4) is 0 Å². The topological polar surface area (TPSA) is 164 Å². The Morgan fingerprint density at radius 1 is 0.857 bits per heavy atom. The Bertz CT molecular complexity index is 726. The Hall–Kier alpha value is -2.73. The minimum atomic E-state index is -1.16. The minimum Gasteiger partial charge on any atom is -0.481 e. The highest BCUT2D eigenvalue weighted by atomic mass is 16.7. The summed E-state index contributed by atoms with van der Waals surface area (Å²) >= 11 is 0. The van der Waals surface area contributed by atoms with Gasteiger partial charge in [-0.05, 0) is 12.8 Å². The fraction of sp³-hybridized carbons (Fsp3) is 0.783. The predicted molar refractivity (Wildman–Crippen MR) is 120 cm³/mol. The second-order valence-electron chi connectivity index (χ2n) is 8.42. The maximum atomic E-state index is 12.0. The molecule has 5 atom stereocenters. The van der Waals surface area contributed by atoms with Crippen molar-refractivity contribution >= 4 is 29.8 Å². The number of hydrogen-bond donors (Lipinski definition) is 2. The zero-order chi connectivity index (χ0) is 26.4. The number of hydrogen-bond acceptors (Lipinski definition) is 10. The summed E-state index contributed by atoms with van der Waals surface area (Å²) in [6.07, 6.45) is 0.565. The van der Waals surface area contributed by atoms with Crippen LogP contribution in [0.25, 0.3) is 0 Å². The summed E-state index contributed by atoms with van der Waals surface area (Å²) < 4.78 is 27.8. The van der Waals surface area contributed by atoms with Crippen molar-refractivity contribution in [2.75, 3.05) is 19.8 Å². The predicted octanol–water partition coefficient (Wildman–Crippen LogP) is 1.33. The van der Waals surface area contributed by atoms with Gasteiger partial charge >= 0.3 is 23.9 Å². The van der Waals surface area contributed by atoms with Crippen LogP contribution in [-0.4, -0.2) is 79.3 Å². The Morgan fingerprint density at radius 2 is 1.46 bits per heavy atom. The number of carbonyl (C=O) groups is 5. The molecule has 1 aliphatic rings. The van der Waals surface area contributed by atoms with Gasteiger partial charge in [-0.15, -0.1) is 0 Å². The average molecular weight is 504 g/mol. The summed E-state index contributed by atoms with van der Waals surface area (Å²) in [5.41, 5.74) is 0. The molecule has 0 radical (unpaired) electrons. The number of carboxylic acid groups (broad SMARTS) is 1. The average Bonchev–Trinajstić information content (AvgIpc) is 2.85. The van der Waals surface area contributed by atoms with Crippen LogP contribution >= 0.6 is 0 Å². The summed E-state index contributed by atoms with van der Waals surface area (Å²) in [5.74, 6) is -3.81. The van der Waals surface area contributed by atoms with Gasteiger partial charge < -0.3 is 34.1 Å². The van der Waals surface area contributed by atoms with Crippen LogP contribution in [0.15, 0.2) is 0 Å². The number of unbranched alkanes of at least 4 members (excludes halogenated alkanes) is 4. The summed E-state index contributed by atoms with van der Waals surface area (Å²) in [6.45, 7) is 4.93. The highest BCUT2D eigenvalue weighted by molar-refractivity contribution is 5.73. The van der Waals surface area contributed by atoms with E-state index in [1.54, 1.807) is 0 Å². The number of aliphatic carboxylic acids is 1. The lowest BCUT2D eigenvalue weighted by atomic mass is 9.95. The van der Waals surface area contributed by atoms with E-state index in [-0.39, 0.29) is 26.2 Å². The summed E-state index contributed by atoms with van der Waals surface area (Å²) in [6, 6.07) is -1.00. The molecule has 0 spiro atoms. The van der Waals surface area contributed by atoms with Crippen LogP contribution in [0.4, 0.5) is 0 Å². The molecule has 0 bridgehead atoms. The second kappa shape index (κ2) is 16.0. The summed E-state index contributed by atoms with van der Waals surface area (Å²) in [7, 11) is 0. The van der Waals surface area contributed by atoms with E-state index in [0.717, 1.165) is 19.3 Å². The van der Waals surface area contributed by atoms with E-state index in [0.29, 0.717) is 12.8 Å². The second-order valence-corrected chi connectivity index (χ2v) is 8.42. The molecular weight excluding hydrogens is 466 g/mol. The van der Waals surface area contributed by atoms with E-state index in [4.69, 9.17) is 28.8 Å². The molecule has 0 saturated carbocycles. The standard InChI is InChI=1S/C23H37NO11/c1-14(25)24-20-22(35-17(4)28)21(34-16(3)27)18(12-32-15(2)26)13-33-23(20)31-11-9-7-5-6-8-10-19(29)30/h18,20-23H,5-13H2,1-4H3,(H,24,25)(H,29,30)/t18-,20+,21+,22+,23+/m0/s1. The van der Waals surface area contributed by atoms with Gasteiger partial charge in [0.25, 0.3) is 0 Å². The van der Waals surface area contributed by atoms with Gasteiger partial charge in [-0.25, -0.2) is 0 Å². The van der Waals surface area contributed by atoms with E-state index in [1.807, 2.05) is 0 Å². The fourth-order valence-electron chi connectivity index (χ4n) is 3.74. The largest absolute Gasteiger partial charge is 0.481 e. The van der Waals surface area contributed by atoms with Crippen LogP contribution in [0.5, 0.6) is 0 Å². The Labute approximate surface area is 204 Å². The van der Waals surface area contributed by atoms with Gasteiger partial charge in [-0.3, -0.25) is 24.0 Å². The highest BCUT2D eigenvalue weighted by Crippen LogP contribution is 2.27. The molecular formula is C23H37NO11. The Kier molecular flexibility index (Phi) is 13.9. The van der Waals surface area contributed by atoms with Crippen molar-refractivity contribution in [2.24, 2.45) is 5.92 Å². The molecule has 1 heterocycles. The van der Waals surface area contributed by atoms with E-state index >= 15 is 0 Å². The lowest BCUT2D eigenvalue weighted by Crippen LogP contribution is -2.57. The smallest absolute Gasteiger partial charge is 0.303 e. The first kappa shape index (κ1) is 30.3. The number of esters is 3. The number of rotatable bonds is 14. The third kappa shape index (κ3) is 12.5. The van der Waals surface area contributed by atoms with Crippen LogP contribution in [0.2, 0.25) is 0 Å². The summed E-state index contributed by atoms with van der Waals surface area (Å²) in [4.78, 5) is 57.7. The van der Waals surface area contributed by atoms with E-state index in [9.17, 15) is 24.0 Å². The van der Waals surface area contributed by atoms with Crippen LogP contribution < -0.4 is 5.32 Å². The Balaban J connectivity index is 2.97. The van der Waals surface area contributed by atoms with Gasteiger partial charge in [-0.1, -0.05) is 19.3 Å². The van der Waals surface area contributed by atoms with Gasteiger partial charge in [0, 0.05) is 40.7 Å². The van der Waals surface area contributed by atoms with Crippen molar-refractivity contribution < 1.29 is 52.8 Å². The number of nitrogens with one attached hydrogen (secondary N) is 1. The van der Waals surface area contributed by atoms with Gasteiger partial charge in [0.15, 0.2) is 12.4 Å². The molecule has 12 heteroatoms. The lowest BCUT2D eigenvalue weighted by molar-refractivity contribution is -0.185. The molecule has 2 N–H and O–H groups in total. The molecule has 12 nitrogen and oxygen atoms in total. The normalized spacial score (nSPS) is 24.1. The molecule has 200 valence electrons. The van der Waals surface area contributed by atoms with Crippen molar-refractivity contribution in [3.8, 4) is 0 Å². The molecule has 1 amide bonds. The van der Waals surface area contributed by atoms with E-state index < -0.39 is 60.2 Å². The first-order valence-electron chi connectivity index (χ1n) is 11.7. The maximum Gasteiger partial charge on any atom is 0.303 e. The van der Waals surface area contributed by atoms with Crippen molar-refractivity contribution in [1.82, 2.24) is 5.32 Å². The molecule has 0 aromatic heterocycles. The molecule has 1 rings (SSSR count). The van der Waals surface area contributed by atoms with Crippen molar-refractivity contribution in [3.63, 3.8) is 0 Å². The molecule has 35 heavy (non-hydrogen) atoms. The Morgan fingerprint density at radius 3 is 2.03 bits per heavy atom. The van der Waals surface area contributed by atoms with E-state index in [1.165, 1.54) is 27.7 Å². The van der Waals surface area contributed by atoms with Gasteiger partial charge in [0.1, 0.15) is 12.1 Å². The lowest BCUT2D eigenvalue weighted by Gasteiger charge is -2.34. The molecule has 0 aromatic rings. The first-order valence-corrected chi connectivity index (χ1v) is 11.7. The van der Waals surface area contributed by atoms with Crippen LogP contribution in [0, 0.1) is 5.92 Å². The van der Waals surface area contributed by atoms with E-state index in [2.05, 4.69) is 5.32 Å². The molecule has 0 unspecified atom stereocenters. The molecule has 1 fully saturated rings. The van der Waals surface area contributed by atoms with Crippen LogP contribution in [0.1, 0.15) is 66.2 Å². The molecule has 0 aromatic carbocycles. The molecule has 1 saturated heterocycles. The van der Waals surface area contributed by atoms with Crippen molar-refractivity contribution in [2.45, 2.75) is 90.8 Å². The number of ether oxygens (including phenoxy) is 5. The quantitative estimate of drug-likeness (QED) is 0.200. The van der Waals surface area contributed by atoms with Gasteiger partial charge in [0.05, 0.1) is 19.1 Å². The monoisotopic (exact) mass is 503 g/mol. The minimum absolute atomic E-state index is 0.0566. The zero-order valence-corrected chi connectivity index (χ0v) is 20.8. The zero-order valence-electron chi connectivity index (χ0n) is 20.8. The fourth-order valence-corrected chi connectivity index (χ4v) is 3.74. The van der Waals surface area contributed by atoms with Gasteiger partial charge in [0.2, 0.25) is 5.91 Å². The third-order valence-corrected chi connectivity index (χ3v) is 5.20. The summed E-state index contributed by atoms with van der Waals surface area (Å²) in [5, 5.41) is 11.4. The third-order valence-electron chi connectivity index (χ3n) is 5.20. The number of carbonyl (C=O) groups excluding carboxylic acids is 4.